The van der Waals surface area contributed by atoms with Crippen LogP contribution in [0.1, 0.15) is 25.6 Å². The summed E-state index contributed by atoms with van der Waals surface area (Å²) in [5, 5.41) is 3.44. The first-order chi connectivity index (χ1) is 9.02. The highest BCUT2D eigenvalue weighted by atomic mass is 32.1. The molecule has 1 fully saturated rings. The van der Waals surface area contributed by atoms with Crippen molar-refractivity contribution in [1.29, 1.82) is 0 Å². The Labute approximate surface area is 115 Å². The van der Waals surface area contributed by atoms with Crippen LogP contribution in [0.2, 0.25) is 0 Å². The van der Waals surface area contributed by atoms with Gasteiger partial charge in [-0.05, 0) is 6.42 Å². The topological polar surface area (TPSA) is 78.4 Å². The third-order valence-electron chi connectivity index (χ3n) is 2.82. The van der Waals surface area contributed by atoms with E-state index < -0.39 is 6.04 Å². The molecule has 0 radical (unpaired) electrons. The fourth-order valence-corrected chi connectivity index (χ4v) is 2.44. The molecule has 1 aromatic heterocycles. The van der Waals surface area contributed by atoms with Gasteiger partial charge in [0.25, 0.3) is 5.91 Å². The standard InChI is InChI=1S/C11H17N5O2S/c1-4-5-7-9(17)16(10(18)12-7)6-8-13-11(15(2)3)19-14-8/h7H,4-6H2,1-3H3,(H,12,18)/t7-/m1/s1. The van der Waals surface area contributed by atoms with Crippen molar-refractivity contribution in [3.05, 3.63) is 5.82 Å². The van der Waals surface area contributed by atoms with Crippen molar-refractivity contribution in [2.45, 2.75) is 32.4 Å². The van der Waals surface area contributed by atoms with Gasteiger partial charge in [0.1, 0.15) is 6.04 Å². The molecule has 1 aliphatic heterocycles. The normalized spacial score (nSPS) is 18.9. The average Bonchev–Trinajstić information content (AvgIpc) is 2.91. The van der Waals surface area contributed by atoms with Gasteiger partial charge in [-0.2, -0.15) is 4.37 Å². The smallest absolute Gasteiger partial charge is 0.325 e. The Morgan fingerprint density at radius 1 is 1.42 bits per heavy atom. The lowest BCUT2D eigenvalue weighted by Gasteiger charge is -2.10. The van der Waals surface area contributed by atoms with Crippen LogP contribution in [0.5, 0.6) is 0 Å². The van der Waals surface area contributed by atoms with Gasteiger partial charge in [0.05, 0.1) is 6.54 Å². The SMILES string of the molecule is CCC[C@H]1NC(=O)N(Cc2nsc(N(C)C)n2)C1=O. The van der Waals surface area contributed by atoms with Crippen molar-refractivity contribution < 1.29 is 9.59 Å². The maximum atomic E-state index is 12.0. The molecule has 2 heterocycles. The lowest BCUT2D eigenvalue weighted by molar-refractivity contribution is -0.128. The first-order valence-corrected chi connectivity index (χ1v) is 6.92. The van der Waals surface area contributed by atoms with E-state index in [0.717, 1.165) is 11.6 Å². The van der Waals surface area contributed by atoms with Crippen LogP contribution in [0.25, 0.3) is 0 Å². The summed E-state index contributed by atoms with van der Waals surface area (Å²) in [5.74, 6) is 0.308. The van der Waals surface area contributed by atoms with E-state index in [2.05, 4.69) is 14.7 Å². The van der Waals surface area contributed by atoms with E-state index in [0.29, 0.717) is 12.2 Å². The summed E-state index contributed by atoms with van der Waals surface area (Å²) < 4.78 is 4.16. The molecule has 8 heteroatoms. The Balaban J connectivity index is 2.05. The molecule has 1 N–H and O–H groups in total. The molecule has 0 unspecified atom stereocenters. The Kier molecular flexibility index (Phi) is 3.98. The van der Waals surface area contributed by atoms with Crippen LogP contribution in [0.4, 0.5) is 9.93 Å². The number of aromatic nitrogens is 2. The molecular weight excluding hydrogens is 266 g/mol. The summed E-state index contributed by atoms with van der Waals surface area (Å²) in [7, 11) is 3.74. The van der Waals surface area contributed by atoms with Gasteiger partial charge in [-0.3, -0.25) is 9.69 Å². The van der Waals surface area contributed by atoms with Crippen molar-refractivity contribution in [3.63, 3.8) is 0 Å². The zero-order valence-electron chi connectivity index (χ0n) is 11.2. The van der Waals surface area contributed by atoms with Gasteiger partial charge in [-0.15, -0.1) is 0 Å². The van der Waals surface area contributed by atoms with Crippen LogP contribution in [0.15, 0.2) is 0 Å². The van der Waals surface area contributed by atoms with E-state index >= 15 is 0 Å². The summed E-state index contributed by atoms with van der Waals surface area (Å²) in [5.41, 5.74) is 0. The number of amides is 3. The Morgan fingerprint density at radius 2 is 2.16 bits per heavy atom. The fourth-order valence-electron chi connectivity index (χ4n) is 1.84. The number of nitrogens with zero attached hydrogens (tertiary/aromatic N) is 4. The van der Waals surface area contributed by atoms with E-state index in [-0.39, 0.29) is 18.5 Å². The number of rotatable bonds is 5. The molecule has 1 aliphatic rings. The van der Waals surface area contributed by atoms with Gasteiger partial charge in [0.2, 0.25) is 5.13 Å². The Hall–Kier alpha value is -1.70. The zero-order chi connectivity index (χ0) is 14.0. The van der Waals surface area contributed by atoms with Gasteiger partial charge >= 0.3 is 6.03 Å². The molecule has 0 saturated carbocycles. The predicted octanol–water partition coefficient (Wildman–Crippen LogP) is 0.825. The summed E-state index contributed by atoms with van der Waals surface area (Å²) in [6.07, 6.45) is 1.51. The predicted molar refractivity (Wildman–Crippen MR) is 72.0 cm³/mol. The van der Waals surface area contributed by atoms with Crippen LogP contribution in [0.3, 0.4) is 0 Å². The molecule has 2 rings (SSSR count). The lowest BCUT2D eigenvalue weighted by atomic mass is 10.2. The molecule has 1 atom stereocenters. The molecule has 0 aliphatic carbocycles. The van der Waals surface area contributed by atoms with E-state index in [1.165, 1.54) is 16.4 Å². The third-order valence-corrected chi connectivity index (χ3v) is 3.75. The molecule has 7 nitrogen and oxygen atoms in total. The molecule has 1 saturated heterocycles. The van der Waals surface area contributed by atoms with Gasteiger partial charge in [0, 0.05) is 25.6 Å². The monoisotopic (exact) mass is 283 g/mol. The minimum Gasteiger partial charge on any atom is -0.353 e. The largest absolute Gasteiger partial charge is 0.353 e. The maximum Gasteiger partial charge on any atom is 0.325 e. The second-order valence-corrected chi connectivity index (χ2v) is 5.33. The highest BCUT2D eigenvalue weighted by Gasteiger charge is 2.37. The van der Waals surface area contributed by atoms with Crippen molar-refractivity contribution in [2.75, 3.05) is 19.0 Å². The van der Waals surface area contributed by atoms with Crippen molar-refractivity contribution >= 4 is 28.6 Å². The van der Waals surface area contributed by atoms with Gasteiger partial charge in [-0.25, -0.2) is 9.78 Å². The molecule has 0 spiro atoms. The summed E-state index contributed by atoms with van der Waals surface area (Å²) >= 11 is 1.25. The number of hydrogen-bond donors (Lipinski definition) is 1. The number of imide groups is 1. The summed E-state index contributed by atoms with van der Waals surface area (Å²) in [4.78, 5) is 31.1. The third kappa shape index (κ3) is 2.83. The second kappa shape index (κ2) is 5.52. The highest BCUT2D eigenvalue weighted by molar-refractivity contribution is 7.09. The number of hydrogen-bond acceptors (Lipinski definition) is 6. The fraction of sp³-hybridized carbons (Fsp3) is 0.636. The van der Waals surface area contributed by atoms with Crippen molar-refractivity contribution in [1.82, 2.24) is 19.6 Å². The zero-order valence-corrected chi connectivity index (χ0v) is 12.0. The summed E-state index contributed by atoms with van der Waals surface area (Å²) in [6.45, 7) is 2.11. The van der Waals surface area contributed by atoms with Crippen LogP contribution in [-0.4, -0.2) is 46.3 Å². The van der Waals surface area contributed by atoms with E-state index in [1.807, 2.05) is 25.9 Å². The molecule has 3 amide bonds. The van der Waals surface area contributed by atoms with E-state index in [1.54, 1.807) is 0 Å². The van der Waals surface area contributed by atoms with E-state index in [9.17, 15) is 9.59 Å². The molecule has 104 valence electrons. The van der Waals surface area contributed by atoms with Gasteiger partial charge in [0.15, 0.2) is 5.82 Å². The number of carbonyl (C=O) groups excluding carboxylic acids is 2. The minimum atomic E-state index is -0.399. The van der Waals surface area contributed by atoms with Crippen molar-refractivity contribution in [3.8, 4) is 0 Å². The maximum absolute atomic E-state index is 12.0. The van der Waals surface area contributed by atoms with Crippen LogP contribution < -0.4 is 10.2 Å². The molecule has 0 bridgehead atoms. The first kappa shape index (κ1) is 13.7. The number of carbonyl (C=O) groups is 2. The Bertz CT molecular complexity index is 487. The minimum absolute atomic E-state index is 0.134. The molecule has 1 aromatic rings. The number of urea groups is 1. The Morgan fingerprint density at radius 3 is 2.74 bits per heavy atom. The second-order valence-electron chi connectivity index (χ2n) is 4.60. The molecular formula is C11H17N5O2S. The van der Waals surface area contributed by atoms with Crippen LogP contribution in [-0.2, 0) is 11.3 Å². The van der Waals surface area contributed by atoms with Gasteiger partial charge < -0.3 is 10.2 Å². The summed E-state index contributed by atoms with van der Waals surface area (Å²) in [6, 6.07) is -0.755. The highest BCUT2D eigenvalue weighted by Crippen LogP contribution is 2.18. The number of nitrogens with one attached hydrogen (secondary N) is 1. The van der Waals surface area contributed by atoms with Crippen molar-refractivity contribution in [2.24, 2.45) is 0 Å². The first-order valence-electron chi connectivity index (χ1n) is 6.14. The quantitative estimate of drug-likeness (QED) is 0.810. The lowest BCUT2D eigenvalue weighted by Crippen LogP contribution is -2.31. The van der Waals surface area contributed by atoms with Crippen LogP contribution >= 0.6 is 11.5 Å². The van der Waals surface area contributed by atoms with Gasteiger partial charge in [-0.1, -0.05) is 13.3 Å². The molecule has 0 aromatic carbocycles. The molecule has 19 heavy (non-hydrogen) atoms. The van der Waals surface area contributed by atoms with E-state index in [4.69, 9.17) is 0 Å². The number of anilines is 1. The van der Waals surface area contributed by atoms with Crippen LogP contribution in [0, 0.1) is 0 Å². The average molecular weight is 283 g/mol.